The number of hydrogen-bond donors (Lipinski definition) is 1. The van der Waals surface area contributed by atoms with Crippen LogP contribution in [-0.2, 0) is 6.42 Å². The van der Waals surface area contributed by atoms with E-state index in [-0.39, 0.29) is 0 Å². The minimum absolute atomic E-state index is 0.310. The standard InChI is InChI=1S/C18H24N4/c1-14-6-3-12-21-18(14)22(13-5-10-19)16-9-2-7-15-8-4-11-20-17(15)16/h3-4,6,8,11-12,16H,2,5,7,9-10,13,19H2,1H3. The zero-order valence-corrected chi connectivity index (χ0v) is 13.2. The summed E-state index contributed by atoms with van der Waals surface area (Å²) in [6.07, 6.45) is 8.21. The predicted octanol–water partition coefficient (Wildman–Crippen LogP) is 3.02. The summed E-state index contributed by atoms with van der Waals surface area (Å²) in [6, 6.07) is 8.68. The molecule has 2 heterocycles. The number of rotatable bonds is 5. The number of nitrogens with two attached hydrogens (primary N) is 1. The van der Waals surface area contributed by atoms with Gasteiger partial charge in [-0.05, 0) is 62.4 Å². The van der Waals surface area contributed by atoms with Gasteiger partial charge in [0.1, 0.15) is 5.82 Å². The molecule has 2 aromatic rings. The maximum absolute atomic E-state index is 5.75. The smallest absolute Gasteiger partial charge is 0.131 e. The number of hydrogen-bond acceptors (Lipinski definition) is 4. The van der Waals surface area contributed by atoms with Crippen molar-refractivity contribution in [2.45, 2.75) is 38.6 Å². The minimum atomic E-state index is 0.310. The maximum atomic E-state index is 5.75. The Morgan fingerprint density at radius 1 is 1.23 bits per heavy atom. The Kier molecular flexibility index (Phi) is 4.68. The molecule has 0 fully saturated rings. The van der Waals surface area contributed by atoms with Gasteiger partial charge in [0.25, 0.3) is 0 Å². The predicted molar refractivity (Wildman–Crippen MR) is 89.9 cm³/mol. The lowest BCUT2D eigenvalue weighted by Gasteiger charge is -2.36. The van der Waals surface area contributed by atoms with Crippen LogP contribution in [0.25, 0.3) is 0 Å². The molecule has 4 nitrogen and oxygen atoms in total. The molecule has 1 unspecified atom stereocenters. The molecule has 116 valence electrons. The van der Waals surface area contributed by atoms with Crippen LogP contribution in [0.4, 0.5) is 5.82 Å². The summed E-state index contributed by atoms with van der Waals surface area (Å²) in [6.45, 7) is 3.75. The van der Waals surface area contributed by atoms with Gasteiger partial charge >= 0.3 is 0 Å². The third-order valence-electron chi connectivity index (χ3n) is 4.40. The normalized spacial score (nSPS) is 17.1. The van der Waals surface area contributed by atoms with E-state index in [1.54, 1.807) is 0 Å². The molecule has 2 aromatic heterocycles. The fourth-order valence-corrected chi connectivity index (χ4v) is 3.34. The summed E-state index contributed by atoms with van der Waals surface area (Å²) in [5.74, 6) is 1.07. The number of nitrogens with zero attached hydrogens (tertiary/aromatic N) is 3. The van der Waals surface area contributed by atoms with Gasteiger partial charge in [-0.2, -0.15) is 0 Å². The molecule has 1 aliphatic rings. The number of pyridine rings is 2. The monoisotopic (exact) mass is 296 g/mol. The molecule has 1 aliphatic carbocycles. The Hall–Kier alpha value is -1.94. The fraction of sp³-hybridized carbons (Fsp3) is 0.444. The first-order chi connectivity index (χ1) is 10.8. The Balaban J connectivity index is 1.98. The summed E-state index contributed by atoms with van der Waals surface area (Å²) in [5, 5.41) is 0. The Labute approximate surface area is 132 Å². The van der Waals surface area contributed by atoms with E-state index >= 15 is 0 Å². The van der Waals surface area contributed by atoms with Gasteiger partial charge in [-0.25, -0.2) is 4.98 Å². The van der Waals surface area contributed by atoms with E-state index in [4.69, 9.17) is 5.73 Å². The SMILES string of the molecule is Cc1cccnc1N(CCCN)C1CCCc2cccnc21. The first-order valence-electron chi connectivity index (χ1n) is 8.13. The molecule has 0 amide bonds. The van der Waals surface area contributed by atoms with Crippen LogP contribution in [-0.4, -0.2) is 23.1 Å². The summed E-state index contributed by atoms with van der Waals surface area (Å²) < 4.78 is 0. The first-order valence-corrected chi connectivity index (χ1v) is 8.13. The molecule has 0 saturated carbocycles. The van der Waals surface area contributed by atoms with Crippen molar-refractivity contribution in [3.05, 3.63) is 53.5 Å². The average Bonchev–Trinajstić information content (AvgIpc) is 2.57. The highest BCUT2D eigenvalue weighted by molar-refractivity contribution is 5.49. The highest BCUT2D eigenvalue weighted by atomic mass is 15.2. The van der Waals surface area contributed by atoms with Crippen LogP contribution in [0.5, 0.6) is 0 Å². The van der Waals surface area contributed by atoms with Gasteiger partial charge in [0.15, 0.2) is 0 Å². The molecule has 1 atom stereocenters. The van der Waals surface area contributed by atoms with Crippen molar-refractivity contribution < 1.29 is 0 Å². The Bertz CT molecular complexity index is 626. The van der Waals surface area contributed by atoms with Crippen molar-refractivity contribution in [3.8, 4) is 0 Å². The quantitative estimate of drug-likeness (QED) is 0.921. The second-order valence-electron chi connectivity index (χ2n) is 5.94. The van der Waals surface area contributed by atoms with Crippen LogP contribution in [0, 0.1) is 6.92 Å². The van der Waals surface area contributed by atoms with Crippen molar-refractivity contribution in [3.63, 3.8) is 0 Å². The van der Waals surface area contributed by atoms with E-state index in [0.29, 0.717) is 12.6 Å². The van der Waals surface area contributed by atoms with Crippen LogP contribution < -0.4 is 10.6 Å². The van der Waals surface area contributed by atoms with E-state index < -0.39 is 0 Å². The van der Waals surface area contributed by atoms with Gasteiger partial charge in [-0.3, -0.25) is 4.98 Å². The number of aryl methyl sites for hydroxylation is 2. The summed E-state index contributed by atoms with van der Waals surface area (Å²) in [4.78, 5) is 11.7. The fourth-order valence-electron chi connectivity index (χ4n) is 3.34. The molecule has 0 spiro atoms. The van der Waals surface area contributed by atoms with E-state index in [1.165, 1.54) is 23.2 Å². The number of anilines is 1. The second-order valence-corrected chi connectivity index (χ2v) is 5.94. The molecule has 4 heteroatoms. The third kappa shape index (κ3) is 2.97. The molecule has 0 aromatic carbocycles. The van der Waals surface area contributed by atoms with Crippen molar-refractivity contribution >= 4 is 5.82 Å². The zero-order valence-electron chi connectivity index (χ0n) is 13.2. The van der Waals surface area contributed by atoms with Crippen LogP contribution in [0.1, 0.15) is 42.1 Å². The summed E-state index contributed by atoms with van der Waals surface area (Å²) >= 11 is 0. The van der Waals surface area contributed by atoms with Crippen LogP contribution in [0.3, 0.4) is 0 Å². The van der Waals surface area contributed by atoms with Crippen LogP contribution >= 0.6 is 0 Å². The first kappa shape index (κ1) is 15.0. The largest absolute Gasteiger partial charge is 0.348 e. The number of aromatic nitrogens is 2. The van der Waals surface area contributed by atoms with Gasteiger partial charge in [0, 0.05) is 18.9 Å². The summed E-state index contributed by atoms with van der Waals surface area (Å²) in [5.41, 5.74) is 9.56. The highest BCUT2D eigenvalue weighted by Gasteiger charge is 2.28. The number of fused-ring (bicyclic) bond motifs is 1. The van der Waals surface area contributed by atoms with Gasteiger partial charge in [-0.1, -0.05) is 12.1 Å². The third-order valence-corrected chi connectivity index (χ3v) is 4.40. The van der Waals surface area contributed by atoms with E-state index in [1.807, 2.05) is 24.5 Å². The molecule has 22 heavy (non-hydrogen) atoms. The molecular formula is C18H24N4. The highest BCUT2D eigenvalue weighted by Crippen LogP contribution is 2.36. The van der Waals surface area contributed by atoms with Crippen molar-refractivity contribution in [1.82, 2.24) is 9.97 Å². The van der Waals surface area contributed by atoms with Gasteiger partial charge in [-0.15, -0.1) is 0 Å². The van der Waals surface area contributed by atoms with Crippen molar-refractivity contribution in [2.24, 2.45) is 5.73 Å². The molecule has 0 aliphatic heterocycles. The lowest BCUT2D eigenvalue weighted by molar-refractivity contribution is 0.498. The minimum Gasteiger partial charge on any atom is -0.348 e. The average molecular weight is 296 g/mol. The molecule has 0 bridgehead atoms. The second kappa shape index (κ2) is 6.88. The van der Waals surface area contributed by atoms with Crippen LogP contribution in [0.2, 0.25) is 0 Å². The molecule has 3 rings (SSSR count). The van der Waals surface area contributed by atoms with E-state index in [0.717, 1.165) is 31.6 Å². The molecule has 2 N–H and O–H groups in total. The van der Waals surface area contributed by atoms with Gasteiger partial charge in [0.05, 0.1) is 11.7 Å². The van der Waals surface area contributed by atoms with E-state index in [9.17, 15) is 0 Å². The van der Waals surface area contributed by atoms with Gasteiger partial charge in [0.2, 0.25) is 0 Å². The topological polar surface area (TPSA) is 55.0 Å². The van der Waals surface area contributed by atoms with Crippen molar-refractivity contribution in [2.75, 3.05) is 18.0 Å². The van der Waals surface area contributed by atoms with Gasteiger partial charge < -0.3 is 10.6 Å². The lowest BCUT2D eigenvalue weighted by Crippen LogP contribution is -2.34. The Morgan fingerprint density at radius 2 is 2.05 bits per heavy atom. The molecular weight excluding hydrogens is 272 g/mol. The van der Waals surface area contributed by atoms with Crippen LogP contribution in [0.15, 0.2) is 36.7 Å². The summed E-state index contributed by atoms with van der Waals surface area (Å²) in [7, 11) is 0. The van der Waals surface area contributed by atoms with Crippen molar-refractivity contribution in [1.29, 1.82) is 0 Å². The Morgan fingerprint density at radius 3 is 2.86 bits per heavy atom. The van der Waals surface area contributed by atoms with E-state index in [2.05, 4.69) is 33.9 Å². The zero-order chi connectivity index (χ0) is 15.4. The lowest BCUT2D eigenvalue weighted by atomic mass is 9.90. The maximum Gasteiger partial charge on any atom is 0.131 e. The molecule has 0 radical (unpaired) electrons. The molecule has 0 saturated heterocycles.